The van der Waals surface area contributed by atoms with Gasteiger partial charge >= 0.3 is 11.9 Å². The molecular formula is C24H20Cl3NO5. The van der Waals surface area contributed by atoms with E-state index in [2.05, 4.69) is 0 Å². The summed E-state index contributed by atoms with van der Waals surface area (Å²) in [5, 5.41) is 10.7. The van der Waals surface area contributed by atoms with Crippen LogP contribution in [0.2, 0.25) is 15.1 Å². The molecule has 1 N–H and O–H groups in total. The van der Waals surface area contributed by atoms with Gasteiger partial charge in [0.05, 0.1) is 27.4 Å². The summed E-state index contributed by atoms with van der Waals surface area (Å²) < 4.78 is 6.84. The normalized spacial score (nSPS) is 11.0. The maximum atomic E-state index is 13.4. The van der Waals surface area contributed by atoms with Crippen LogP contribution in [0.15, 0.2) is 47.4 Å². The number of hydrogen-bond acceptors (Lipinski definition) is 4. The largest absolute Gasteiger partial charge is 0.477 e. The van der Waals surface area contributed by atoms with Gasteiger partial charge in [0.25, 0.3) is 0 Å². The number of benzene rings is 2. The number of rotatable bonds is 6. The third-order valence-electron chi connectivity index (χ3n) is 4.86. The number of halogens is 3. The van der Waals surface area contributed by atoms with Gasteiger partial charge in [0, 0.05) is 34.5 Å². The molecule has 0 spiro atoms. The van der Waals surface area contributed by atoms with Crippen molar-refractivity contribution in [3.05, 3.63) is 79.0 Å². The lowest BCUT2D eigenvalue weighted by Crippen LogP contribution is -2.23. The standard InChI is InChI=1S/C24H20Cl3NO5/c1-4-28-11-16(15-9-14(6-7-17(15)25)24(32)33-12(2)3)22(29)20(23(30)31)21(28)13-5-8-18(26)19(27)10-13/h5-12H,4H2,1-3H3,(H,30,31). The Balaban J connectivity index is 2.31. The van der Waals surface area contributed by atoms with Crippen LogP contribution in [0.5, 0.6) is 0 Å². The van der Waals surface area contributed by atoms with Crippen molar-refractivity contribution in [3.8, 4) is 22.4 Å². The lowest BCUT2D eigenvalue weighted by Gasteiger charge is -2.18. The smallest absolute Gasteiger partial charge is 0.341 e. The van der Waals surface area contributed by atoms with Gasteiger partial charge in [-0.1, -0.05) is 40.9 Å². The molecule has 3 aromatic rings. The van der Waals surface area contributed by atoms with Gasteiger partial charge in [-0.25, -0.2) is 9.59 Å². The van der Waals surface area contributed by atoms with Crippen molar-refractivity contribution >= 4 is 46.7 Å². The van der Waals surface area contributed by atoms with Crippen LogP contribution in [0.4, 0.5) is 0 Å². The lowest BCUT2D eigenvalue weighted by atomic mass is 9.98. The Kier molecular flexibility index (Phi) is 7.52. The predicted octanol–water partition coefficient (Wildman–Crippen LogP) is 6.43. The molecule has 0 aliphatic carbocycles. The predicted molar refractivity (Wildman–Crippen MR) is 130 cm³/mol. The van der Waals surface area contributed by atoms with Crippen LogP contribution in [0.25, 0.3) is 22.4 Å². The summed E-state index contributed by atoms with van der Waals surface area (Å²) in [4.78, 5) is 38.0. The summed E-state index contributed by atoms with van der Waals surface area (Å²) in [5.41, 5.74) is -0.122. The van der Waals surface area contributed by atoms with E-state index in [9.17, 15) is 19.5 Å². The highest BCUT2D eigenvalue weighted by molar-refractivity contribution is 6.42. The molecule has 0 aliphatic heterocycles. The average molecular weight is 509 g/mol. The number of aryl methyl sites for hydroxylation is 1. The Bertz CT molecular complexity index is 1310. The second kappa shape index (κ2) is 10.00. The molecule has 172 valence electrons. The van der Waals surface area contributed by atoms with E-state index >= 15 is 0 Å². The fraction of sp³-hybridized carbons (Fsp3) is 0.208. The van der Waals surface area contributed by atoms with E-state index in [-0.39, 0.29) is 38.5 Å². The summed E-state index contributed by atoms with van der Waals surface area (Å²) in [6.07, 6.45) is 1.18. The van der Waals surface area contributed by atoms with Crippen LogP contribution in [0, 0.1) is 0 Å². The van der Waals surface area contributed by atoms with E-state index in [0.29, 0.717) is 17.1 Å². The average Bonchev–Trinajstić information content (AvgIpc) is 2.75. The van der Waals surface area contributed by atoms with Crippen molar-refractivity contribution in [1.29, 1.82) is 0 Å². The van der Waals surface area contributed by atoms with E-state index in [4.69, 9.17) is 39.5 Å². The zero-order chi connectivity index (χ0) is 24.4. The first-order valence-electron chi connectivity index (χ1n) is 10.0. The Hall–Kier alpha value is -2.80. The number of aromatic nitrogens is 1. The molecule has 6 nitrogen and oxygen atoms in total. The molecule has 2 aromatic carbocycles. The van der Waals surface area contributed by atoms with Crippen molar-refractivity contribution in [2.24, 2.45) is 0 Å². The number of hydrogen-bond donors (Lipinski definition) is 1. The van der Waals surface area contributed by atoms with E-state index in [1.165, 1.54) is 36.5 Å². The minimum Gasteiger partial charge on any atom is -0.477 e. The molecule has 0 radical (unpaired) electrons. The summed E-state index contributed by atoms with van der Waals surface area (Å²) in [7, 11) is 0. The van der Waals surface area contributed by atoms with Crippen molar-refractivity contribution in [2.45, 2.75) is 33.4 Å². The molecule has 1 aromatic heterocycles. The number of esters is 1. The van der Waals surface area contributed by atoms with E-state index in [1.54, 1.807) is 31.4 Å². The first kappa shape index (κ1) is 24.8. The highest BCUT2D eigenvalue weighted by atomic mass is 35.5. The third kappa shape index (κ3) is 5.08. The number of carboxylic acid groups (broad SMARTS) is 1. The van der Waals surface area contributed by atoms with E-state index in [1.807, 2.05) is 0 Å². The van der Waals surface area contributed by atoms with Gasteiger partial charge in [-0.3, -0.25) is 4.79 Å². The molecule has 0 bridgehead atoms. The highest BCUT2D eigenvalue weighted by Crippen LogP contribution is 2.33. The van der Waals surface area contributed by atoms with Gasteiger partial charge in [-0.05, 0) is 51.1 Å². The van der Waals surface area contributed by atoms with Gasteiger partial charge < -0.3 is 14.4 Å². The SMILES string of the molecule is CCn1cc(-c2cc(C(=O)OC(C)C)ccc2Cl)c(=O)c(C(=O)O)c1-c1ccc(Cl)c(Cl)c1. The van der Waals surface area contributed by atoms with Gasteiger partial charge in [0.1, 0.15) is 5.56 Å². The van der Waals surface area contributed by atoms with Crippen molar-refractivity contribution in [1.82, 2.24) is 4.57 Å². The van der Waals surface area contributed by atoms with Crippen LogP contribution in [-0.2, 0) is 11.3 Å². The highest BCUT2D eigenvalue weighted by Gasteiger charge is 2.25. The fourth-order valence-electron chi connectivity index (χ4n) is 3.40. The Labute approximate surface area is 205 Å². The number of pyridine rings is 1. The fourth-order valence-corrected chi connectivity index (χ4v) is 3.92. The third-order valence-corrected chi connectivity index (χ3v) is 5.93. The molecule has 1 heterocycles. The molecule has 33 heavy (non-hydrogen) atoms. The second-order valence-electron chi connectivity index (χ2n) is 7.46. The van der Waals surface area contributed by atoms with Crippen molar-refractivity contribution in [2.75, 3.05) is 0 Å². The summed E-state index contributed by atoms with van der Waals surface area (Å²) >= 11 is 18.5. The molecule has 0 saturated carbocycles. The van der Waals surface area contributed by atoms with Crippen LogP contribution >= 0.6 is 34.8 Å². The summed E-state index contributed by atoms with van der Waals surface area (Å²) in [6, 6.07) is 9.01. The molecule has 0 aliphatic rings. The maximum absolute atomic E-state index is 13.4. The van der Waals surface area contributed by atoms with Crippen LogP contribution in [-0.4, -0.2) is 27.7 Å². The van der Waals surface area contributed by atoms with Gasteiger partial charge in [-0.15, -0.1) is 0 Å². The van der Waals surface area contributed by atoms with Crippen LogP contribution in [0.1, 0.15) is 41.5 Å². The lowest BCUT2D eigenvalue weighted by molar-refractivity contribution is 0.0377. The second-order valence-corrected chi connectivity index (χ2v) is 8.69. The van der Waals surface area contributed by atoms with Crippen molar-refractivity contribution < 1.29 is 19.4 Å². The first-order chi connectivity index (χ1) is 15.5. The molecule has 0 unspecified atom stereocenters. The summed E-state index contributed by atoms with van der Waals surface area (Å²) in [5.74, 6) is -1.98. The van der Waals surface area contributed by atoms with Gasteiger partial charge in [0.15, 0.2) is 0 Å². The topological polar surface area (TPSA) is 85.6 Å². The van der Waals surface area contributed by atoms with Crippen LogP contribution in [0.3, 0.4) is 0 Å². The number of aromatic carboxylic acids is 1. The molecular weight excluding hydrogens is 489 g/mol. The van der Waals surface area contributed by atoms with Crippen molar-refractivity contribution in [3.63, 3.8) is 0 Å². The zero-order valence-electron chi connectivity index (χ0n) is 18.0. The molecule has 9 heteroatoms. The number of carbonyl (C=O) groups excluding carboxylic acids is 1. The van der Waals surface area contributed by atoms with Gasteiger partial charge in [-0.2, -0.15) is 0 Å². The van der Waals surface area contributed by atoms with E-state index < -0.39 is 22.9 Å². The first-order valence-corrected chi connectivity index (χ1v) is 11.2. The summed E-state index contributed by atoms with van der Waals surface area (Å²) in [6.45, 7) is 5.58. The molecule has 0 fully saturated rings. The number of nitrogens with zero attached hydrogens (tertiary/aromatic N) is 1. The zero-order valence-corrected chi connectivity index (χ0v) is 20.3. The molecule has 3 rings (SSSR count). The number of carbonyl (C=O) groups is 2. The Morgan fingerprint density at radius 1 is 1.00 bits per heavy atom. The minimum absolute atomic E-state index is 0.0438. The molecule has 0 amide bonds. The molecule has 0 atom stereocenters. The quantitative estimate of drug-likeness (QED) is 0.388. The Morgan fingerprint density at radius 2 is 1.67 bits per heavy atom. The number of ether oxygens (including phenoxy) is 1. The van der Waals surface area contributed by atoms with Crippen LogP contribution < -0.4 is 5.43 Å². The van der Waals surface area contributed by atoms with Gasteiger partial charge in [0.2, 0.25) is 5.43 Å². The maximum Gasteiger partial charge on any atom is 0.341 e. The molecule has 0 saturated heterocycles. The monoisotopic (exact) mass is 507 g/mol. The van der Waals surface area contributed by atoms with E-state index in [0.717, 1.165) is 0 Å². The Morgan fingerprint density at radius 3 is 2.24 bits per heavy atom. The minimum atomic E-state index is -1.41. The number of carboxylic acids is 1.